The smallest absolute Gasteiger partial charge is 0.118 e. The predicted octanol–water partition coefficient (Wildman–Crippen LogP) is 4.68. The average Bonchev–Trinajstić information content (AvgIpc) is 3.08. The van der Waals surface area contributed by atoms with Gasteiger partial charge in [0, 0.05) is 17.1 Å². The summed E-state index contributed by atoms with van der Waals surface area (Å²) >= 11 is 0. The Balaban J connectivity index is 2.23. The molecule has 120 valence electrons. The molecule has 0 saturated carbocycles. The highest BCUT2D eigenvalue weighted by molar-refractivity contribution is 6.91. The van der Waals surface area contributed by atoms with Crippen molar-refractivity contribution in [1.82, 2.24) is 4.98 Å². The standard InChI is InChI=1S/C19H29NOSi/c1-7-22(8-2,9-3)17-16-14(11-13-20-17)19(18(4,5)6)12-10-15(16)21-19/h10-13,15H,7-9H2,1-6H3. The number of fused-ring (bicyclic) bond motifs is 5. The predicted molar refractivity (Wildman–Crippen MR) is 95.2 cm³/mol. The summed E-state index contributed by atoms with van der Waals surface area (Å²) in [4.78, 5) is 4.92. The Morgan fingerprint density at radius 2 is 1.82 bits per heavy atom. The average molecular weight is 316 g/mol. The van der Waals surface area contributed by atoms with Gasteiger partial charge in [-0.25, -0.2) is 0 Å². The number of hydrogen-bond donors (Lipinski definition) is 0. The molecular formula is C19H29NOSi. The molecule has 0 saturated heterocycles. The van der Waals surface area contributed by atoms with Gasteiger partial charge in [-0.3, -0.25) is 4.98 Å². The Labute approximate surface area is 136 Å². The van der Waals surface area contributed by atoms with E-state index in [-0.39, 0.29) is 17.1 Å². The number of rotatable bonds is 4. The van der Waals surface area contributed by atoms with E-state index in [1.54, 1.807) is 0 Å². The molecule has 2 nitrogen and oxygen atoms in total. The van der Waals surface area contributed by atoms with Crippen LogP contribution in [0.15, 0.2) is 24.4 Å². The SMILES string of the molecule is CC[Si](CC)(CC)c1nccc2c1C1C=CC2(C(C)(C)C)O1. The molecule has 0 radical (unpaired) electrons. The fourth-order valence-electron chi connectivity index (χ4n) is 4.40. The van der Waals surface area contributed by atoms with Crippen LogP contribution in [0, 0.1) is 5.41 Å². The molecule has 3 heterocycles. The molecular weight excluding hydrogens is 286 g/mol. The molecule has 2 aliphatic heterocycles. The van der Waals surface area contributed by atoms with Gasteiger partial charge in [0.05, 0.1) is 0 Å². The lowest BCUT2D eigenvalue weighted by Crippen LogP contribution is -2.50. The number of ether oxygens (including phenoxy) is 1. The first-order valence-corrected chi connectivity index (χ1v) is 11.3. The van der Waals surface area contributed by atoms with Crippen LogP contribution in [-0.4, -0.2) is 13.1 Å². The van der Waals surface area contributed by atoms with Gasteiger partial charge in [0.25, 0.3) is 0 Å². The van der Waals surface area contributed by atoms with Crippen LogP contribution in [0.1, 0.15) is 58.8 Å². The molecule has 2 unspecified atom stereocenters. The van der Waals surface area contributed by atoms with Gasteiger partial charge in [-0.05, 0) is 23.1 Å². The lowest BCUT2D eigenvalue weighted by atomic mass is 9.71. The van der Waals surface area contributed by atoms with E-state index in [0.717, 1.165) is 0 Å². The van der Waals surface area contributed by atoms with E-state index in [9.17, 15) is 0 Å². The molecule has 22 heavy (non-hydrogen) atoms. The Hall–Kier alpha value is -0.933. The summed E-state index contributed by atoms with van der Waals surface area (Å²) < 4.78 is 6.54. The first-order valence-electron chi connectivity index (χ1n) is 8.72. The number of aromatic nitrogens is 1. The van der Waals surface area contributed by atoms with E-state index in [2.05, 4.69) is 59.8 Å². The second-order valence-corrected chi connectivity index (χ2v) is 13.0. The highest BCUT2D eigenvalue weighted by Gasteiger charge is 2.55. The molecule has 2 bridgehead atoms. The second kappa shape index (κ2) is 5.03. The van der Waals surface area contributed by atoms with Crippen molar-refractivity contribution in [3.63, 3.8) is 0 Å². The molecule has 0 aromatic carbocycles. The molecule has 2 atom stereocenters. The molecule has 0 aliphatic carbocycles. The Bertz CT molecular complexity index is 604. The minimum absolute atomic E-state index is 0.0526. The molecule has 0 amide bonds. The van der Waals surface area contributed by atoms with Crippen LogP contribution in [0.5, 0.6) is 0 Å². The third-order valence-electron chi connectivity index (χ3n) is 6.14. The van der Waals surface area contributed by atoms with Crippen LogP contribution in [-0.2, 0) is 10.3 Å². The third-order valence-corrected chi connectivity index (χ3v) is 11.6. The van der Waals surface area contributed by atoms with Gasteiger partial charge in [0.1, 0.15) is 19.8 Å². The quantitative estimate of drug-likeness (QED) is 0.594. The van der Waals surface area contributed by atoms with Crippen LogP contribution < -0.4 is 5.32 Å². The van der Waals surface area contributed by atoms with Crippen LogP contribution in [0.25, 0.3) is 0 Å². The van der Waals surface area contributed by atoms with Crippen LogP contribution in [0.2, 0.25) is 18.1 Å². The molecule has 2 aliphatic rings. The first-order chi connectivity index (χ1) is 10.3. The van der Waals surface area contributed by atoms with E-state index in [1.165, 1.54) is 34.6 Å². The largest absolute Gasteiger partial charge is 0.354 e. The van der Waals surface area contributed by atoms with Crippen LogP contribution >= 0.6 is 0 Å². The van der Waals surface area contributed by atoms with Crippen molar-refractivity contribution in [2.45, 2.75) is 71.4 Å². The summed E-state index contributed by atoms with van der Waals surface area (Å²) in [6.07, 6.45) is 6.70. The van der Waals surface area contributed by atoms with Crippen molar-refractivity contribution in [3.8, 4) is 0 Å². The molecule has 1 aromatic rings. The molecule has 3 heteroatoms. The summed E-state index contributed by atoms with van der Waals surface area (Å²) in [5.74, 6) is 0. The first kappa shape index (κ1) is 15.9. The van der Waals surface area contributed by atoms with Crippen molar-refractivity contribution in [2.24, 2.45) is 5.41 Å². The van der Waals surface area contributed by atoms with Gasteiger partial charge in [-0.15, -0.1) is 0 Å². The minimum atomic E-state index is -1.50. The topological polar surface area (TPSA) is 22.1 Å². The van der Waals surface area contributed by atoms with E-state index in [1.807, 2.05) is 6.20 Å². The minimum Gasteiger partial charge on any atom is -0.354 e. The normalized spacial score (nSPS) is 26.5. The summed E-state index contributed by atoms with van der Waals surface area (Å²) in [6, 6.07) is 6.00. The van der Waals surface area contributed by atoms with Crippen molar-refractivity contribution in [3.05, 3.63) is 35.5 Å². The zero-order valence-electron chi connectivity index (χ0n) is 14.9. The van der Waals surface area contributed by atoms with Gasteiger partial charge in [-0.2, -0.15) is 0 Å². The van der Waals surface area contributed by atoms with E-state index < -0.39 is 8.07 Å². The van der Waals surface area contributed by atoms with Crippen molar-refractivity contribution in [1.29, 1.82) is 0 Å². The lowest BCUT2D eigenvalue weighted by molar-refractivity contribution is -0.0752. The van der Waals surface area contributed by atoms with Gasteiger partial charge < -0.3 is 4.74 Å². The molecule has 0 spiro atoms. The van der Waals surface area contributed by atoms with Crippen molar-refractivity contribution < 1.29 is 4.74 Å². The third kappa shape index (κ3) is 1.85. The summed E-state index contributed by atoms with van der Waals surface area (Å²) in [7, 11) is -1.50. The molecule has 3 rings (SSSR count). The molecule has 1 aromatic heterocycles. The summed E-state index contributed by atoms with van der Waals surface area (Å²) in [5.41, 5.74) is 2.58. The van der Waals surface area contributed by atoms with E-state index in [0.29, 0.717) is 0 Å². The van der Waals surface area contributed by atoms with Gasteiger partial charge in [-0.1, -0.05) is 65.8 Å². The fraction of sp³-hybridized carbons (Fsp3) is 0.632. The maximum absolute atomic E-state index is 6.54. The van der Waals surface area contributed by atoms with Crippen LogP contribution in [0.3, 0.4) is 0 Å². The van der Waals surface area contributed by atoms with Gasteiger partial charge >= 0.3 is 0 Å². The highest BCUT2D eigenvalue weighted by atomic mass is 28.3. The van der Waals surface area contributed by atoms with Crippen molar-refractivity contribution >= 4 is 13.4 Å². The van der Waals surface area contributed by atoms with Gasteiger partial charge in [0.15, 0.2) is 0 Å². The Kier molecular flexibility index (Phi) is 3.65. The molecule has 0 fully saturated rings. The summed E-state index contributed by atoms with van der Waals surface area (Å²) in [5, 5.41) is 1.41. The fourth-order valence-corrected chi connectivity index (χ4v) is 8.10. The number of pyridine rings is 1. The van der Waals surface area contributed by atoms with Gasteiger partial charge in [0.2, 0.25) is 0 Å². The maximum atomic E-state index is 6.54. The molecule has 0 N–H and O–H groups in total. The lowest BCUT2D eigenvalue weighted by Gasteiger charge is -2.38. The van der Waals surface area contributed by atoms with Crippen LogP contribution in [0.4, 0.5) is 0 Å². The summed E-state index contributed by atoms with van der Waals surface area (Å²) in [6.45, 7) is 13.9. The maximum Gasteiger partial charge on any atom is 0.118 e. The van der Waals surface area contributed by atoms with E-state index >= 15 is 0 Å². The number of hydrogen-bond acceptors (Lipinski definition) is 2. The zero-order chi connectivity index (χ0) is 16.2. The number of nitrogens with zero attached hydrogens (tertiary/aromatic N) is 1. The Morgan fingerprint density at radius 1 is 1.18 bits per heavy atom. The monoisotopic (exact) mass is 315 g/mol. The van der Waals surface area contributed by atoms with Crippen molar-refractivity contribution in [2.75, 3.05) is 0 Å². The Morgan fingerprint density at radius 3 is 2.36 bits per heavy atom. The second-order valence-electron chi connectivity index (χ2n) is 7.85. The zero-order valence-corrected chi connectivity index (χ0v) is 15.9. The highest BCUT2D eigenvalue weighted by Crippen LogP contribution is 2.57. The van der Waals surface area contributed by atoms with E-state index in [4.69, 9.17) is 9.72 Å².